The third-order valence-electron chi connectivity index (χ3n) is 12.6. The van der Waals surface area contributed by atoms with Crippen molar-refractivity contribution in [2.24, 2.45) is 5.92 Å². The first-order valence-corrected chi connectivity index (χ1v) is 21.4. The number of para-hydroxylation sites is 6. The first kappa shape index (κ1) is 40.5. The molecule has 4 heterocycles. The molecule has 1 saturated heterocycles. The van der Waals surface area contributed by atoms with Crippen LogP contribution in [0.3, 0.4) is 0 Å². The Morgan fingerprint density at radius 2 is 1.30 bits per heavy atom. The third-order valence-corrected chi connectivity index (χ3v) is 12.6. The smallest absolute Gasteiger partial charge is 0.266 e. The van der Waals surface area contributed by atoms with Crippen molar-refractivity contribution >= 4 is 52.1 Å². The van der Waals surface area contributed by atoms with E-state index in [1.165, 1.54) is 9.80 Å². The van der Waals surface area contributed by atoms with Gasteiger partial charge in [-0.25, -0.2) is 0 Å². The van der Waals surface area contributed by atoms with Crippen LogP contribution in [0.25, 0.3) is 0 Å². The summed E-state index contributed by atoms with van der Waals surface area (Å²) < 4.78 is 12.5. The lowest BCUT2D eigenvalue weighted by molar-refractivity contribution is -0.139. The van der Waals surface area contributed by atoms with E-state index in [2.05, 4.69) is 0 Å². The lowest BCUT2D eigenvalue weighted by Gasteiger charge is -2.29. The van der Waals surface area contributed by atoms with Gasteiger partial charge in [0.15, 0.2) is 17.1 Å². The minimum atomic E-state index is -2.13. The van der Waals surface area contributed by atoms with Crippen molar-refractivity contribution in [3.05, 3.63) is 174 Å². The van der Waals surface area contributed by atoms with E-state index in [0.29, 0.717) is 74.7 Å². The molecule has 0 aromatic heterocycles. The van der Waals surface area contributed by atoms with Gasteiger partial charge >= 0.3 is 0 Å². The molecule has 6 aromatic rings. The molecular formula is C52H44N4O8. The molecule has 12 heteroatoms. The van der Waals surface area contributed by atoms with Crippen molar-refractivity contribution in [1.29, 1.82) is 0 Å². The lowest BCUT2D eigenvalue weighted by atomic mass is 9.82. The number of nitrogens with zero attached hydrogens (tertiary/aromatic N) is 4. The van der Waals surface area contributed by atoms with Gasteiger partial charge in [-0.2, -0.15) is 0 Å². The third kappa shape index (κ3) is 6.78. The number of aliphatic hydroxyl groups excluding tert-OH is 1. The fourth-order valence-corrected chi connectivity index (χ4v) is 9.32. The second-order valence-corrected chi connectivity index (χ2v) is 16.4. The zero-order chi connectivity index (χ0) is 44.1. The van der Waals surface area contributed by atoms with E-state index in [1.807, 2.05) is 66.7 Å². The summed E-state index contributed by atoms with van der Waals surface area (Å²) in [4.78, 5) is 63.4. The monoisotopic (exact) mass is 852 g/mol. The van der Waals surface area contributed by atoms with E-state index in [1.54, 1.807) is 102 Å². The number of carbonyl (C=O) groups is 4. The van der Waals surface area contributed by atoms with Crippen LogP contribution in [-0.2, 0) is 21.7 Å². The Morgan fingerprint density at radius 3 is 1.92 bits per heavy atom. The molecule has 64 heavy (non-hydrogen) atoms. The predicted molar refractivity (Wildman–Crippen MR) is 242 cm³/mol. The second-order valence-electron chi connectivity index (χ2n) is 16.4. The molecule has 0 unspecified atom stereocenters. The maximum absolute atomic E-state index is 15.0. The minimum absolute atomic E-state index is 0.0250. The Labute approximate surface area is 369 Å². The SMILES string of the molecule is C[C@H](/C=C/CC(=O)N1CCC[C@H]1CO)[C@@]1(O)C(=O)N(Cc2cccc(N3C(=O)c4ccccc4Oc4ccccc43)c2)c2ccc(N3C(=O)c4ccccc4Oc4ccccc43)cc21. The van der Waals surface area contributed by atoms with Crippen LogP contribution in [0.1, 0.15) is 58.0 Å². The number of rotatable bonds is 9. The Kier molecular flexibility index (Phi) is 10.3. The molecule has 6 aromatic carbocycles. The molecule has 4 amide bonds. The Hall–Kier alpha value is -7.54. The molecule has 0 bridgehead atoms. The zero-order valence-electron chi connectivity index (χ0n) is 35.0. The van der Waals surface area contributed by atoms with Crippen molar-refractivity contribution in [2.75, 3.05) is 27.9 Å². The van der Waals surface area contributed by atoms with Crippen LogP contribution in [0, 0.1) is 5.92 Å². The number of ether oxygens (including phenoxy) is 2. The number of anilines is 5. The zero-order valence-corrected chi connectivity index (χ0v) is 35.0. The van der Waals surface area contributed by atoms with Crippen molar-refractivity contribution in [3.63, 3.8) is 0 Å². The maximum Gasteiger partial charge on any atom is 0.266 e. The first-order valence-electron chi connectivity index (χ1n) is 21.4. The highest BCUT2D eigenvalue weighted by molar-refractivity contribution is 6.16. The predicted octanol–water partition coefficient (Wildman–Crippen LogP) is 9.16. The van der Waals surface area contributed by atoms with E-state index in [4.69, 9.17) is 9.47 Å². The molecule has 0 spiro atoms. The molecule has 12 nitrogen and oxygen atoms in total. The topological polar surface area (TPSA) is 140 Å². The summed E-state index contributed by atoms with van der Waals surface area (Å²) in [7, 11) is 0. The molecule has 0 saturated carbocycles. The normalized spacial score (nSPS) is 19.2. The number of aliphatic hydroxyl groups is 2. The molecular weight excluding hydrogens is 809 g/mol. The first-order chi connectivity index (χ1) is 31.1. The number of amides is 4. The fraction of sp³-hybridized carbons (Fsp3) is 0.192. The van der Waals surface area contributed by atoms with Crippen molar-refractivity contribution < 1.29 is 38.9 Å². The van der Waals surface area contributed by atoms with Crippen LogP contribution in [0.5, 0.6) is 23.0 Å². The van der Waals surface area contributed by atoms with Crippen LogP contribution in [-0.4, -0.2) is 57.9 Å². The van der Waals surface area contributed by atoms with E-state index in [-0.39, 0.29) is 48.9 Å². The van der Waals surface area contributed by atoms with E-state index in [9.17, 15) is 24.6 Å². The minimum Gasteiger partial charge on any atom is -0.454 e. The fourth-order valence-electron chi connectivity index (χ4n) is 9.32. The maximum atomic E-state index is 15.0. The van der Waals surface area contributed by atoms with Crippen molar-refractivity contribution in [1.82, 2.24) is 4.90 Å². The Balaban J connectivity index is 1.04. The van der Waals surface area contributed by atoms with Gasteiger partial charge in [0.2, 0.25) is 5.91 Å². The van der Waals surface area contributed by atoms with Gasteiger partial charge in [-0.3, -0.25) is 29.0 Å². The number of fused-ring (bicyclic) bond motifs is 5. The summed E-state index contributed by atoms with van der Waals surface area (Å²) in [6.07, 6.45) is 4.93. The van der Waals surface area contributed by atoms with Gasteiger partial charge in [-0.15, -0.1) is 0 Å². The van der Waals surface area contributed by atoms with Gasteiger partial charge in [0.05, 0.1) is 47.4 Å². The summed E-state index contributed by atoms with van der Waals surface area (Å²) in [5, 5.41) is 22.8. The van der Waals surface area contributed by atoms with Crippen molar-refractivity contribution in [2.45, 2.75) is 44.4 Å². The number of benzene rings is 6. The van der Waals surface area contributed by atoms with Crippen LogP contribution < -0.4 is 24.2 Å². The van der Waals surface area contributed by atoms with Gasteiger partial charge in [0.25, 0.3) is 17.7 Å². The summed E-state index contributed by atoms with van der Waals surface area (Å²) >= 11 is 0. The van der Waals surface area contributed by atoms with Gasteiger partial charge in [-0.1, -0.05) is 79.7 Å². The largest absolute Gasteiger partial charge is 0.454 e. The molecule has 4 aliphatic heterocycles. The summed E-state index contributed by atoms with van der Waals surface area (Å²) in [6, 6.07) is 40.9. The molecule has 0 radical (unpaired) electrons. The lowest BCUT2D eigenvalue weighted by Crippen LogP contribution is -2.44. The molecule has 4 aliphatic rings. The van der Waals surface area contributed by atoms with E-state index >= 15 is 4.79 Å². The highest BCUT2D eigenvalue weighted by atomic mass is 16.5. The van der Waals surface area contributed by atoms with Gasteiger partial charge in [-0.05, 0) is 97.3 Å². The van der Waals surface area contributed by atoms with Crippen LogP contribution in [0.2, 0.25) is 0 Å². The molecule has 3 atom stereocenters. The average molecular weight is 853 g/mol. The number of hydrogen-bond donors (Lipinski definition) is 2. The number of carbonyl (C=O) groups excluding carboxylic acids is 4. The molecule has 320 valence electrons. The van der Waals surface area contributed by atoms with Crippen LogP contribution in [0.4, 0.5) is 28.4 Å². The molecule has 1 fully saturated rings. The number of hydrogen-bond acceptors (Lipinski definition) is 8. The van der Waals surface area contributed by atoms with E-state index in [0.717, 1.165) is 12.8 Å². The molecule has 0 aliphatic carbocycles. The summed E-state index contributed by atoms with van der Waals surface area (Å²) in [5.74, 6) is -0.406. The highest BCUT2D eigenvalue weighted by Gasteiger charge is 2.53. The van der Waals surface area contributed by atoms with Crippen molar-refractivity contribution in [3.8, 4) is 23.0 Å². The second kappa shape index (κ2) is 16.3. The highest BCUT2D eigenvalue weighted by Crippen LogP contribution is 2.50. The Bertz CT molecular complexity index is 2890. The van der Waals surface area contributed by atoms with Crippen LogP contribution in [0.15, 0.2) is 152 Å². The van der Waals surface area contributed by atoms with Gasteiger partial charge in [0.1, 0.15) is 11.5 Å². The van der Waals surface area contributed by atoms with Crippen LogP contribution >= 0.6 is 0 Å². The summed E-state index contributed by atoms with van der Waals surface area (Å²) in [5.41, 5.74) is 2.00. The quantitative estimate of drug-likeness (QED) is 0.137. The van der Waals surface area contributed by atoms with Gasteiger partial charge in [0, 0.05) is 35.8 Å². The van der Waals surface area contributed by atoms with Gasteiger partial charge < -0.3 is 29.5 Å². The summed E-state index contributed by atoms with van der Waals surface area (Å²) in [6.45, 7) is 2.21. The van der Waals surface area contributed by atoms with E-state index < -0.39 is 17.4 Å². The number of likely N-dealkylation sites (tertiary alicyclic amines) is 1. The molecule has 2 N–H and O–H groups in total. The molecule has 10 rings (SSSR count). The standard InChI is InChI=1S/C52H44N4O8/c1-33(13-10-25-48(58)53-28-12-16-37(53)32-57)52(62)40-30-36(56-43-20-5-9-24-47(43)64-45-22-7-3-18-39(45)50(56)60)26-27-41(40)54(51(52)61)31-34-14-11-15-35(29-34)55-42-19-4-8-23-46(42)63-44-21-6-2-17-38(44)49(55)59/h2-11,13-15,17-24,26-27,29-30,33,37,57,62H,12,16,25,28,31-32H2,1H3/b13-10+/t33-,37+,52+/m1/s1. The Morgan fingerprint density at radius 1 is 0.719 bits per heavy atom. The average Bonchev–Trinajstić information content (AvgIpc) is 3.80.